The van der Waals surface area contributed by atoms with E-state index in [1.54, 1.807) is 24.5 Å². The van der Waals surface area contributed by atoms with Crippen LogP contribution in [0, 0.1) is 17.8 Å². The molecule has 0 saturated heterocycles. The molecule has 2 bridgehead atoms. The lowest BCUT2D eigenvalue weighted by atomic mass is 9.84. The Balaban J connectivity index is 1.24. The Morgan fingerprint density at radius 3 is 2.94 bits per heavy atom. The summed E-state index contributed by atoms with van der Waals surface area (Å²) in [4.78, 5) is 24.6. The molecule has 4 atom stereocenters. The SMILES string of the molecule is C[C@@H]([C@@H]1C[C@H]2CC[C@H]1C2)n1c(SCC(=O)c2ccc3c(c2)NC(=O)CO3)nnc1-c1ccco1. The van der Waals surface area contributed by atoms with E-state index in [9.17, 15) is 9.59 Å². The molecule has 0 spiro atoms. The van der Waals surface area contributed by atoms with E-state index in [1.807, 2.05) is 12.1 Å². The quantitative estimate of drug-likeness (QED) is 0.383. The van der Waals surface area contributed by atoms with Crippen molar-refractivity contribution in [3.05, 3.63) is 42.2 Å². The maximum absolute atomic E-state index is 13.0. The van der Waals surface area contributed by atoms with Crippen molar-refractivity contribution in [1.82, 2.24) is 14.8 Å². The van der Waals surface area contributed by atoms with E-state index in [1.165, 1.54) is 37.4 Å². The standard InChI is InChI=1S/C25H26N4O4S/c1-14(18-10-15-4-5-16(18)9-15)29-24(22-3-2-8-32-22)27-28-25(29)34-13-20(30)17-6-7-21-19(11-17)26-23(31)12-33-21/h2-3,6-8,11,14-16,18H,4-5,9-10,12-13H2,1H3,(H,26,31)/t14-,15-,16-,18-/m0/s1. The molecule has 0 radical (unpaired) electrons. The number of rotatable bonds is 7. The molecule has 9 heteroatoms. The number of ketones is 1. The molecule has 1 aliphatic heterocycles. The number of nitrogens with zero attached hydrogens (tertiary/aromatic N) is 3. The first kappa shape index (κ1) is 21.5. The molecule has 2 aromatic heterocycles. The number of furan rings is 1. The van der Waals surface area contributed by atoms with Crippen molar-refractivity contribution in [2.75, 3.05) is 17.7 Å². The Hall–Kier alpha value is -3.07. The molecule has 8 nitrogen and oxygen atoms in total. The van der Waals surface area contributed by atoms with Gasteiger partial charge < -0.3 is 14.5 Å². The molecule has 6 rings (SSSR count). The van der Waals surface area contributed by atoms with Crippen LogP contribution < -0.4 is 10.1 Å². The number of aromatic nitrogens is 3. The molecular formula is C25H26N4O4S. The summed E-state index contributed by atoms with van der Waals surface area (Å²) in [5.74, 6) is 4.09. The molecule has 176 valence electrons. The smallest absolute Gasteiger partial charge is 0.262 e. The monoisotopic (exact) mass is 478 g/mol. The van der Waals surface area contributed by atoms with Gasteiger partial charge in [0.1, 0.15) is 5.75 Å². The van der Waals surface area contributed by atoms with Gasteiger partial charge in [0.2, 0.25) is 5.82 Å². The van der Waals surface area contributed by atoms with E-state index in [0.29, 0.717) is 34.5 Å². The first-order valence-corrected chi connectivity index (χ1v) is 12.8. The average molecular weight is 479 g/mol. The van der Waals surface area contributed by atoms with E-state index in [2.05, 4.69) is 27.0 Å². The number of benzene rings is 1. The van der Waals surface area contributed by atoms with Crippen LogP contribution in [-0.4, -0.2) is 38.8 Å². The molecule has 1 N–H and O–H groups in total. The van der Waals surface area contributed by atoms with Crippen molar-refractivity contribution in [2.45, 2.75) is 43.8 Å². The largest absolute Gasteiger partial charge is 0.482 e. The molecule has 3 heterocycles. The van der Waals surface area contributed by atoms with Gasteiger partial charge in [-0.1, -0.05) is 18.2 Å². The molecule has 1 amide bonds. The van der Waals surface area contributed by atoms with Crippen LogP contribution in [0.15, 0.2) is 46.2 Å². The molecule has 34 heavy (non-hydrogen) atoms. The summed E-state index contributed by atoms with van der Waals surface area (Å²) < 4.78 is 13.2. The Morgan fingerprint density at radius 2 is 2.18 bits per heavy atom. The maximum Gasteiger partial charge on any atom is 0.262 e. The van der Waals surface area contributed by atoms with Crippen LogP contribution in [0.1, 0.15) is 49.0 Å². The van der Waals surface area contributed by atoms with Crippen LogP contribution in [0.4, 0.5) is 5.69 Å². The number of carbonyl (C=O) groups excluding carboxylic acids is 2. The summed E-state index contributed by atoms with van der Waals surface area (Å²) >= 11 is 1.39. The van der Waals surface area contributed by atoms with Crippen molar-refractivity contribution in [2.24, 2.45) is 17.8 Å². The Bertz CT molecular complexity index is 1240. The highest BCUT2D eigenvalue weighted by Crippen LogP contribution is 2.53. The van der Waals surface area contributed by atoms with E-state index in [4.69, 9.17) is 9.15 Å². The number of amides is 1. The molecule has 2 saturated carbocycles. The van der Waals surface area contributed by atoms with Crippen molar-refractivity contribution in [3.8, 4) is 17.3 Å². The lowest BCUT2D eigenvalue weighted by molar-refractivity contribution is -0.118. The molecule has 2 fully saturated rings. The fourth-order valence-corrected chi connectivity index (χ4v) is 6.78. The number of hydrogen-bond donors (Lipinski definition) is 1. The first-order chi connectivity index (χ1) is 16.6. The van der Waals surface area contributed by atoms with Crippen LogP contribution >= 0.6 is 11.8 Å². The van der Waals surface area contributed by atoms with E-state index >= 15 is 0 Å². The number of anilines is 1. The summed E-state index contributed by atoms with van der Waals surface area (Å²) in [5.41, 5.74) is 1.05. The van der Waals surface area contributed by atoms with Gasteiger partial charge in [0.05, 0.1) is 17.7 Å². The van der Waals surface area contributed by atoms with Crippen molar-refractivity contribution < 1.29 is 18.7 Å². The highest BCUT2D eigenvalue weighted by Gasteiger charge is 2.43. The Kier molecular flexibility index (Phi) is 5.44. The lowest BCUT2D eigenvalue weighted by Gasteiger charge is -2.30. The van der Waals surface area contributed by atoms with Crippen LogP contribution in [-0.2, 0) is 4.79 Å². The van der Waals surface area contributed by atoms with Crippen LogP contribution in [0.2, 0.25) is 0 Å². The third-order valence-corrected chi connectivity index (χ3v) is 8.44. The fourth-order valence-electron chi connectivity index (χ4n) is 5.86. The van der Waals surface area contributed by atoms with Gasteiger partial charge in [0, 0.05) is 11.6 Å². The van der Waals surface area contributed by atoms with E-state index in [-0.39, 0.29) is 30.1 Å². The third kappa shape index (κ3) is 3.81. The predicted molar refractivity (Wildman–Crippen MR) is 127 cm³/mol. The summed E-state index contributed by atoms with van der Waals surface area (Å²) in [6.45, 7) is 2.24. The van der Waals surface area contributed by atoms with Crippen molar-refractivity contribution >= 4 is 29.1 Å². The topological polar surface area (TPSA) is 99.2 Å². The van der Waals surface area contributed by atoms with Gasteiger partial charge in [-0.3, -0.25) is 14.2 Å². The first-order valence-electron chi connectivity index (χ1n) is 11.8. The number of fused-ring (bicyclic) bond motifs is 3. The predicted octanol–water partition coefficient (Wildman–Crippen LogP) is 4.84. The van der Waals surface area contributed by atoms with Gasteiger partial charge in [-0.05, 0) is 74.3 Å². The lowest BCUT2D eigenvalue weighted by Crippen LogP contribution is -2.25. The van der Waals surface area contributed by atoms with Crippen LogP contribution in [0.3, 0.4) is 0 Å². The van der Waals surface area contributed by atoms with Gasteiger partial charge in [-0.15, -0.1) is 10.2 Å². The van der Waals surface area contributed by atoms with Gasteiger partial charge in [-0.25, -0.2) is 0 Å². The number of hydrogen-bond acceptors (Lipinski definition) is 7. The summed E-state index contributed by atoms with van der Waals surface area (Å²) in [7, 11) is 0. The highest BCUT2D eigenvalue weighted by atomic mass is 32.2. The van der Waals surface area contributed by atoms with E-state index in [0.717, 1.165) is 17.0 Å². The second kappa shape index (κ2) is 8.61. The van der Waals surface area contributed by atoms with Gasteiger partial charge in [0.15, 0.2) is 23.3 Å². The van der Waals surface area contributed by atoms with Crippen molar-refractivity contribution in [3.63, 3.8) is 0 Å². The number of carbonyl (C=O) groups is 2. The number of ether oxygens (including phenoxy) is 1. The summed E-state index contributed by atoms with van der Waals surface area (Å²) in [5, 5.41) is 12.4. The molecule has 3 aromatic rings. The fraction of sp³-hybridized carbons (Fsp3) is 0.440. The zero-order chi connectivity index (χ0) is 23.2. The maximum atomic E-state index is 13.0. The summed E-state index contributed by atoms with van der Waals surface area (Å²) in [6, 6.07) is 9.10. The zero-order valence-corrected chi connectivity index (χ0v) is 19.7. The minimum Gasteiger partial charge on any atom is -0.482 e. The number of thioether (sulfide) groups is 1. The molecule has 0 unspecified atom stereocenters. The Morgan fingerprint density at radius 1 is 1.26 bits per heavy atom. The zero-order valence-electron chi connectivity index (χ0n) is 18.9. The minimum atomic E-state index is -0.223. The van der Waals surface area contributed by atoms with Crippen LogP contribution in [0.5, 0.6) is 5.75 Å². The van der Waals surface area contributed by atoms with Crippen molar-refractivity contribution in [1.29, 1.82) is 0 Å². The minimum absolute atomic E-state index is 0.00934. The number of nitrogens with one attached hydrogen (secondary N) is 1. The molecule has 3 aliphatic rings. The molecule has 2 aliphatic carbocycles. The second-order valence-corrected chi connectivity index (χ2v) is 10.4. The second-order valence-electron chi connectivity index (χ2n) is 9.49. The highest BCUT2D eigenvalue weighted by molar-refractivity contribution is 7.99. The molecular weight excluding hydrogens is 452 g/mol. The van der Waals surface area contributed by atoms with Crippen LogP contribution in [0.25, 0.3) is 11.6 Å². The van der Waals surface area contributed by atoms with E-state index < -0.39 is 0 Å². The Labute approximate surface area is 201 Å². The van der Waals surface area contributed by atoms with Gasteiger partial charge >= 0.3 is 0 Å². The summed E-state index contributed by atoms with van der Waals surface area (Å²) in [6.07, 6.45) is 6.87. The molecule has 1 aromatic carbocycles. The average Bonchev–Trinajstić information content (AvgIpc) is 3.65. The third-order valence-electron chi connectivity index (χ3n) is 7.49. The number of Topliss-reactive ketones (excluding diaryl/α,β-unsaturated/α-hetero) is 1. The van der Waals surface area contributed by atoms with Gasteiger partial charge in [0.25, 0.3) is 5.91 Å². The normalized spacial score (nSPS) is 23.9. The van der Waals surface area contributed by atoms with Gasteiger partial charge in [-0.2, -0.15) is 0 Å².